The van der Waals surface area contributed by atoms with Crippen LogP contribution in [0, 0.1) is 0 Å². The van der Waals surface area contributed by atoms with E-state index in [1.165, 1.54) is 29.0 Å². The monoisotopic (exact) mass is 280 g/mol. The molecule has 1 amide bonds. The van der Waals surface area contributed by atoms with Gasteiger partial charge >= 0.3 is 0 Å². The van der Waals surface area contributed by atoms with E-state index < -0.39 is 0 Å². The Labute approximate surface area is 119 Å². The van der Waals surface area contributed by atoms with Gasteiger partial charge in [0.25, 0.3) is 0 Å². The summed E-state index contributed by atoms with van der Waals surface area (Å²) in [6, 6.07) is 4.82. The quantitative estimate of drug-likeness (QED) is 0.841. The summed E-state index contributed by atoms with van der Waals surface area (Å²) < 4.78 is 0. The van der Waals surface area contributed by atoms with E-state index in [0.717, 1.165) is 19.4 Å². The maximum absolute atomic E-state index is 11.8. The van der Waals surface area contributed by atoms with Crippen molar-refractivity contribution in [3.8, 4) is 0 Å². The minimum Gasteiger partial charge on any atom is -0.351 e. The summed E-state index contributed by atoms with van der Waals surface area (Å²) in [5.41, 5.74) is 0. The highest BCUT2D eigenvalue weighted by Gasteiger charge is 2.13. The molecule has 1 saturated heterocycles. The van der Waals surface area contributed by atoms with Gasteiger partial charge in [0, 0.05) is 22.2 Å². The predicted molar refractivity (Wildman–Crippen MR) is 80.4 cm³/mol. The maximum Gasteiger partial charge on any atom is 0.220 e. The van der Waals surface area contributed by atoms with Crippen molar-refractivity contribution in [1.29, 1.82) is 0 Å². The Balaban J connectivity index is 1.63. The van der Waals surface area contributed by atoms with E-state index in [1.54, 1.807) is 11.3 Å². The molecule has 2 heterocycles. The van der Waals surface area contributed by atoms with Crippen LogP contribution in [0.4, 0.5) is 0 Å². The van der Waals surface area contributed by atoms with Crippen molar-refractivity contribution in [2.45, 2.75) is 58.0 Å². The van der Waals surface area contributed by atoms with Gasteiger partial charge in [0.15, 0.2) is 0 Å². The van der Waals surface area contributed by atoms with Gasteiger partial charge in [-0.25, -0.2) is 0 Å². The van der Waals surface area contributed by atoms with E-state index in [1.807, 2.05) is 0 Å². The minimum atomic E-state index is 0.179. The standard InChI is InChI=1S/C15H24N2OS/c1-2-13-7-8-14(19-13)11-17-15(18)9-6-12-5-3-4-10-16-12/h7-8,12,16H,2-6,9-11H2,1H3,(H,17,18). The number of aryl methyl sites for hydroxylation is 1. The molecule has 0 aliphatic carbocycles. The SMILES string of the molecule is CCc1ccc(CNC(=O)CCC2CCCCN2)s1. The molecule has 0 bridgehead atoms. The van der Waals surface area contributed by atoms with Crippen molar-refractivity contribution in [1.82, 2.24) is 10.6 Å². The summed E-state index contributed by atoms with van der Waals surface area (Å²) in [4.78, 5) is 14.4. The fourth-order valence-corrected chi connectivity index (χ4v) is 3.35. The first-order valence-corrected chi connectivity index (χ1v) is 8.17. The third kappa shape index (κ3) is 4.96. The van der Waals surface area contributed by atoms with Gasteiger partial charge in [-0.1, -0.05) is 13.3 Å². The molecule has 3 nitrogen and oxygen atoms in total. The Bertz CT molecular complexity index is 397. The van der Waals surface area contributed by atoms with Crippen molar-refractivity contribution in [3.63, 3.8) is 0 Å². The third-order valence-corrected chi connectivity index (χ3v) is 4.89. The number of thiophene rings is 1. The second-order valence-electron chi connectivity index (χ2n) is 5.18. The number of hydrogen-bond donors (Lipinski definition) is 2. The van der Waals surface area contributed by atoms with Gasteiger partial charge in [-0.2, -0.15) is 0 Å². The highest BCUT2D eigenvalue weighted by atomic mass is 32.1. The maximum atomic E-state index is 11.8. The van der Waals surface area contributed by atoms with Crippen molar-refractivity contribution in [2.24, 2.45) is 0 Å². The van der Waals surface area contributed by atoms with Crippen LogP contribution in [0.15, 0.2) is 12.1 Å². The van der Waals surface area contributed by atoms with Crippen LogP contribution in [0.2, 0.25) is 0 Å². The second kappa shape index (κ2) is 7.65. The van der Waals surface area contributed by atoms with Crippen molar-refractivity contribution in [2.75, 3.05) is 6.54 Å². The van der Waals surface area contributed by atoms with Gasteiger partial charge in [0.05, 0.1) is 6.54 Å². The summed E-state index contributed by atoms with van der Waals surface area (Å²) in [7, 11) is 0. The van der Waals surface area contributed by atoms with E-state index in [4.69, 9.17) is 0 Å². The van der Waals surface area contributed by atoms with E-state index in [9.17, 15) is 4.79 Å². The van der Waals surface area contributed by atoms with E-state index in [-0.39, 0.29) is 5.91 Å². The van der Waals surface area contributed by atoms with Crippen molar-refractivity contribution < 1.29 is 4.79 Å². The minimum absolute atomic E-state index is 0.179. The van der Waals surface area contributed by atoms with Crippen LogP contribution in [0.25, 0.3) is 0 Å². The molecule has 1 atom stereocenters. The lowest BCUT2D eigenvalue weighted by Gasteiger charge is -2.22. The average molecular weight is 280 g/mol. The molecule has 19 heavy (non-hydrogen) atoms. The van der Waals surface area contributed by atoms with Crippen LogP contribution in [-0.2, 0) is 17.8 Å². The van der Waals surface area contributed by atoms with Gasteiger partial charge in [0.2, 0.25) is 5.91 Å². The van der Waals surface area contributed by atoms with E-state index in [0.29, 0.717) is 19.0 Å². The molecule has 1 aliphatic rings. The lowest BCUT2D eigenvalue weighted by Crippen LogP contribution is -2.35. The predicted octanol–water partition coefficient (Wildman–Crippen LogP) is 2.85. The number of hydrogen-bond acceptors (Lipinski definition) is 3. The summed E-state index contributed by atoms with van der Waals surface area (Å²) >= 11 is 1.79. The first-order chi connectivity index (χ1) is 9.28. The molecule has 2 rings (SSSR count). The highest BCUT2D eigenvalue weighted by Crippen LogP contribution is 2.16. The fourth-order valence-electron chi connectivity index (χ4n) is 2.46. The van der Waals surface area contributed by atoms with Crippen LogP contribution in [0.3, 0.4) is 0 Å². The van der Waals surface area contributed by atoms with Gasteiger partial charge in [0.1, 0.15) is 0 Å². The summed E-state index contributed by atoms with van der Waals surface area (Å²) in [6.45, 7) is 3.95. The molecule has 0 spiro atoms. The Morgan fingerprint density at radius 3 is 2.95 bits per heavy atom. The normalized spacial score (nSPS) is 19.3. The lowest BCUT2D eigenvalue weighted by atomic mass is 10.0. The fraction of sp³-hybridized carbons (Fsp3) is 0.667. The molecule has 4 heteroatoms. The Morgan fingerprint density at radius 1 is 1.42 bits per heavy atom. The molecule has 106 valence electrons. The summed E-state index contributed by atoms with van der Waals surface area (Å²) in [5.74, 6) is 0.179. The van der Waals surface area contributed by atoms with Crippen LogP contribution >= 0.6 is 11.3 Å². The molecule has 2 N–H and O–H groups in total. The van der Waals surface area contributed by atoms with Crippen molar-refractivity contribution >= 4 is 17.2 Å². The van der Waals surface area contributed by atoms with Gasteiger partial charge in [-0.05, 0) is 44.4 Å². The zero-order chi connectivity index (χ0) is 13.5. The molecular weight excluding hydrogens is 256 g/mol. The number of amides is 1. The Kier molecular flexibility index (Phi) is 5.86. The molecule has 1 aromatic heterocycles. The molecule has 0 aromatic carbocycles. The number of carbonyl (C=O) groups excluding carboxylic acids is 1. The highest BCUT2D eigenvalue weighted by molar-refractivity contribution is 7.11. The third-order valence-electron chi connectivity index (χ3n) is 3.66. The molecule has 1 aromatic rings. The van der Waals surface area contributed by atoms with Gasteiger partial charge in [-0.3, -0.25) is 4.79 Å². The van der Waals surface area contributed by atoms with Crippen molar-refractivity contribution in [3.05, 3.63) is 21.9 Å². The summed E-state index contributed by atoms with van der Waals surface area (Å²) in [6.07, 6.45) is 6.49. The van der Waals surface area contributed by atoms with Crippen LogP contribution < -0.4 is 10.6 Å². The molecule has 1 unspecified atom stereocenters. The van der Waals surface area contributed by atoms with Gasteiger partial charge < -0.3 is 10.6 Å². The lowest BCUT2D eigenvalue weighted by molar-refractivity contribution is -0.121. The zero-order valence-electron chi connectivity index (χ0n) is 11.7. The van der Waals surface area contributed by atoms with Crippen LogP contribution in [0.5, 0.6) is 0 Å². The smallest absolute Gasteiger partial charge is 0.220 e. The number of rotatable bonds is 6. The molecule has 1 aliphatic heterocycles. The summed E-state index contributed by atoms with van der Waals surface area (Å²) in [5, 5.41) is 6.50. The molecule has 1 fully saturated rings. The number of carbonyl (C=O) groups is 1. The topological polar surface area (TPSA) is 41.1 Å². The molecular formula is C15H24N2OS. The largest absolute Gasteiger partial charge is 0.351 e. The Morgan fingerprint density at radius 2 is 2.26 bits per heavy atom. The molecule has 0 radical (unpaired) electrons. The van der Waals surface area contributed by atoms with Crippen LogP contribution in [0.1, 0.15) is 48.8 Å². The number of piperidine rings is 1. The Hall–Kier alpha value is -0.870. The van der Waals surface area contributed by atoms with Gasteiger partial charge in [-0.15, -0.1) is 11.3 Å². The first-order valence-electron chi connectivity index (χ1n) is 7.35. The van der Waals surface area contributed by atoms with E-state index in [2.05, 4.69) is 29.7 Å². The average Bonchev–Trinajstić information content (AvgIpc) is 2.92. The zero-order valence-corrected chi connectivity index (χ0v) is 12.5. The molecule has 0 saturated carbocycles. The van der Waals surface area contributed by atoms with Crippen LogP contribution in [-0.4, -0.2) is 18.5 Å². The van der Waals surface area contributed by atoms with E-state index >= 15 is 0 Å². The second-order valence-corrected chi connectivity index (χ2v) is 6.44. The first kappa shape index (κ1) is 14.5. The number of nitrogens with one attached hydrogen (secondary N) is 2.